The van der Waals surface area contributed by atoms with Crippen LogP contribution in [-0.4, -0.2) is 69.4 Å². The minimum Gasteiger partial charge on any atom is -0.425 e. The van der Waals surface area contributed by atoms with E-state index in [1.807, 2.05) is 0 Å². The Morgan fingerprint density at radius 2 is 2.08 bits per heavy atom. The Kier molecular flexibility index (Phi) is 4.17. The molecule has 3 heterocycles. The number of imidazole rings is 1. The molecule has 0 aromatic carbocycles. The third-order valence-electron chi connectivity index (χ3n) is 3.53. The van der Waals surface area contributed by atoms with E-state index in [2.05, 4.69) is 14.5 Å². The zero-order valence-corrected chi connectivity index (χ0v) is 12.8. The average molecular weight is 363 g/mol. The van der Waals surface area contributed by atoms with Crippen molar-refractivity contribution in [2.45, 2.75) is 24.5 Å². The Bertz CT molecular complexity index is 861. The number of fused-ring (bicyclic) bond motifs is 1. The van der Waals surface area contributed by atoms with Gasteiger partial charge in [0.2, 0.25) is 0 Å². The lowest BCUT2D eigenvalue weighted by Crippen LogP contribution is -2.35. The molecule has 0 amide bonds. The number of aliphatic hydroxyl groups excluding tert-OH is 2. The zero-order valence-electron chi connectivity index (χ0n) is 11.9. The Hall–Kier alpha value is -1.86. The van der Waals surface area contributed by atoms with Crippen LogP contribution in [0.15, 0.2) is 12.7 Å². The van der Waals surface area contributed by atoms with Gasteiger partial charge in [0.15, 0.2) is 22.9 Å². The van der Waals surface area contributed by atoms with Gasteiger partial charge in [0.05, 0.1) is 12.9 Å². The standard InChI is InChI=1S/C10H14N5O8P/c11-8-5-9(13-3-15(8)18)14(2-12-5)10-6(17)7(4(1-16)22-10)23-24(19,20)21/h2-4,6-7,10-11,16-18H,1H2,(H2,19,20,21)/t4-,6-,7-,10-/m1/s1. The van der Waals surface area contributed by atoms with Crippen LogP contribution in [0.3, 0.4) is 0 Å². The second-order valence-electron chi connectivity index (χ2n) is 5.06. The monoisotopic (exact) mass is 363 g/mol. The lowest BCUT2D eigenvalue weighted by molar-refractivity contribution is -0.0509. The first-order valence-corrected chi connectivity index (χ1v) is 8.12. The number of hydrogen-bond donors (Lipinski definition) is 6. The SMILES string of the molecule is N=c1c2ncn([C@@H]3O[C@H](CO)[C@@H](OP(=O)(O)O)[C@H]3O)c2ncn1O. The second-order valence-corrected chi connectivity index (χ2v) is 6.25. The number of nitrogens with one attached hydrogen (secondary N) is 1. The predicted molar refractivity (Wildman–Crippen MR) is 72.5 cm³/mol. The van der Waals surface area contributed by atoms with Crippen LogP contribution in [0.2, 0.25) is 0 Å². The topological polar surface area (TPSA) is 196 Å². The van der Waals surface area contributed by atoms with E-state index in [1.54, 1.807) is 0 Å². The molecule has 132 valence electrons. The first-order valence-electron chi connectivity index (χ1n) is 6.59. The summed E-state index contributed by atoms with van der Waals surface area (Å²) in [6, 6.07) is 0. The average Bonchev–Trinajstić information content (AvgIpc) is 3.04. The van der Waals surface area contributed by atoms with Crippen LogP contribution in [0.1, 0.15) is 6.23 Å². The number of rotatable bonds is 4. The van der Waals surface area contributed by atoms with E-state index in [-0.39, 0.29) is 16.7 Å². The van der Waals surface area contributed by atoms with Crippen molar-refractivity contribution in [1.82, 2.24) is 19.3 Å². The van der Waals surface area contributed by atoms with Gasteiger partial charge < -0.3 is 29.9 Å². The zero-order chi connectivity index (χ0) is 17.6. The number of phosphoric ester groups is 1. The Labute approximate surface area is 133 Å². The van der Waals surface area contributed by atoms with Crippen LogP contribution < -0.4 is 5.49 Å². The highest BCUT2D eigenvalue weighted by Crippen LogP contribution is 2.43. The summed E-state index contributed by atoms with van der Waals surface area (Å²) >= 11 is 0. The van der Waals surface area contributed by atoms with Crippen molar-refractivity contribution in [1.29, 1.82) is 5.41 Å². The fourth-order valence-corrected chi connectivity index (χ4v) is 3.07. The summed E-state index contributed by atoms with van der Waals surface area (Å²) in [5.41, 5.74) is -0.258. The minimum atomic E-state index is -4.93. The molecule has 0 radical (unpaired) electrons. The van der Waals surface area contributed by atoms with E-state index in [0.717, 1.165) is 6.33 Å². The quantitative estimate of drug-likeness (QED) is 0.253. The van der Waals surface area contributed by atoms with Gasteiger partial charge in [-0.25, -0.2) is 14.5 Å². The Morgan fingerprint density at radius 1 is 1.38 bits per heavy atom. The highest BCUT2D eigenvalue weighted by Gasteiger charge is 2.48. The highest BCUT2D eigenvalue weighted by molar-refractivity contribution is 7.46. The molecular formula is C10H14N5O8P. The summed E-state index contributed by atoms with van der Waals surface area (Å²) in [6.45, 7) is -0.654. The van der Waals surface area contributed by atoms with Gasteiger partial charge in [-0.15, -0.1) is 0 Å². The van der Waals surface area contributed by atoms with Crippen LogP contribution >= 0.6 is 7.82 Å². The van der Waals surface area contributed by atoms with Crippen LogP contribution in [0, 0.1) is 5.41 Å². The first kappa shape index (κ1) is 17.0. The number of phosphoric acid groups is 1. The van der Waals surface area contributed by atoms with Crippen molar-refractivity contribution >= 4 is 19.0 Å². The van der Waals surface area contributed by atoms with Crippen molar-refractivity contribution in [3.05, 3.63) is 18.1 Å². The van der Waals surface area contributed by atoms with E-state index >= 15 is 0 Å². The summed E-state index contributed by atoms with van der Waals surface area (Å²) in [6.07, 6.45) is -3.33. The fraction of sp³-hybridized carbons (Fsp3) is 0.500. The number of ether oxygens (including phenoxy) is 1. The van der Waals surface area contributed by atoms with Crippen LogP contribution in [-0.2, 0) is 13.8 Å². The molecule has 0 spiro atoms. The molecule has 24 heavy (non-hydrogen) atoms. The van der Waals surface area contributed by atoms with E-state index in [0.29, 0.717) is 4.73 Å². The Morgan fingerprint density at radius 3 is 2.71 bits per heavy atom. The molecule has 2 aromatic rings. The van der Waals surface area contributed by atoms with Crippen LogP contribution in [0.5, 0.6) is 0 Å². The van der Waals surface area contributed by atoms with Gasteiger partial charge in [0.1, 0.15) is 24.6 Å². The molecular weight excluding hydrogens is 349 g/mol. The smallest absolute Gasteiger partial charge is 0.425 e. The van der Waals surface area contributed by atoms with Crippen molar-refractivity contribution in [3.8, 4) is 0 Å². The second kappa shape index (κ2) is 5.89. The summed E-state index contributed by atoms with van der Waals surface area (Å²) in [7, 11) is -4.93. The molecule has 13 nitrogen and oxygen atoms in total. The molecule has 1 aliphatic rings. The molecule has 1 saturated heterocycles. The molecule has 0 aliphatic carbocycles. The lowest BCUT2D eigenvalue weighted by atomic mass is 10.1. The fourth-order valence-electron chi connectivity index (χ4n) is 2.50. The van der Waals surface area contributed by atoms with Gasteiger partial charge in [-0.2, -0.15) is 4.73 Å². The normalized spacial score (nSPS) is 27.8. The largest absolute Gasteiger partial charge is 0.470 e. The minimum absolute atomic E-state index is 0.00991. The van der Waals surface area contributed by atoms with Crippen LogP contribution in [0.4, 0.5) is 0 Å². The van der Waals surface area contributed by atoms with Crippen molar-refractivity contribution < 1.29 is 39.0 Å². The van der Waals surface area contributed by atoms with Gasteiger partial charge in [-0.05, 0) is 0 Å². The van der Waals surface area contributed by atoms with E-state index in [4.69, 9.17) is 19.9 Å². The molecule has 0 saturated carbocycles. The molecule has 2 aromatic heterocycles. The van der Waals surface area contributed by atoms with Gasteiger partial charge in [0.25, 0.3) is 0 Å². The van der Waals surface area contributed by atoms with E-state index in [1.165, 1.54) is 10.9 Å². The van der Waals surface area contributed by atoms with Crippen LogP contribution in [0.25, 0.3) is 11.2 Å². The summed E-state index contributed by atoms with van der Waals surface area (Å²) in [5, 5.41) is 36.6. The molecule has 0 bridgehead atoms. The third-order valence-corrected chi connectivity index (χ3v) is 4.05. The molecule has 0 unspecified atom stereocenters. The molecule has 14 heteroatoms. The molecule has 6 N–H and O–H groups in total. The van der Waals surface area contributed by atoms with E-state index < -0.39 is 39.0 Å². The molecule has 4 atom stereocenters. The third kappa shape index (κ3) is 2.82. The summed E-state index contributed by atoms with van der Waals surface area (Å²) < 4.78 is 22.6. The number of aromatic nitrogens is 4. The molecule has 1 fully saturated rings. The van der Waals surface area contributed by atoms with Crippen molar-refractivity contribution in [2.24, 2.45) is 0 Å². The lowest BCUT2D eigenvalue weighted by Gasteiger charge is -2.20. The maximum atomic E-state index is 11.0. The number of aliphatic hydroxyl groups is 2. The molecule has 1 aliphatic heterocycles. The summed E-state index contributed by atoms with van der Waals surface area (Å²) in [4.78, 5) is 25.6. The summed E-state index contributed by atoms with van der Waals surface area (Å²) in [5.74, 6) is 0. The number of hydrogen-bond acceptors (Lipinski definition) is 9. The van der Waals surface area contributed by atoms with Gasteiger partial charge >= 0.3 is 7.82 Å². The number of nitrogens with zero attached hydrogens (tertiary/aromatic N) is 4. The van der Waals surface area contributed by atoms with Gasteiger partial charge in [-0.1, -0.05) is 0 Å². The maximum Gasteiger partial charge on any atom is 0.470 e. The first-order chi connectivity index (χ1) is 11.2. The maximum absolute atomic E-state index is 11.0. The van der Waals surface area contributed by atoms with Gasteiger partial charge in [-0.3, -0.25) is 14.5 Å². The van der Waals surface area contributed by atoms with Crippen molar-refractivity contribution in [3.63, 3.8) is 0 Å². The Balaban J connectivity index is 2.00. The van der Waals surface area contributed by atoms with Gasteiger partial charge in [0, 0.05) is 0 Å². The predicted octanol–water partition coefficient (Wildman–Crippen LogP) is -2.32. The highest BCUT2D eigenvalue weighted by atomic mass is 31.2. The molecule has 3 rings (SSSR count). The van der Waals surface area contributed by atoms with Crippen molar-refractivity contribution in [2.75, 3.05) is 6.61 Å². The van der Waals surface area contributed by atoms with E-state index in [9.17, 15) is 20.0 Å².